The Morgan fingerprint density at radius 2 is 1.59 bits per heavy atom. The zero-order chi connectivity index (χ0) is 21.0. The summed E-state index contributed by atoms with van der Waals surface area (Å²) in [6, 6.07) is 22.9. The third kappa shape index (κ3) is 5.47. The minimum Gasteiger partial charge on any atom is -0.488 e. The fourth-order valence-corrected chi connectivity index (χ4v) is 4.96. The number of ether oxygens (including phenoxy) is 1. The van der Waals surface area contributed by atoms with E-state index in [1.807, 2.05) is 43.3 Å². The van der Waals surface area contributed by atoms with Crippen molar-refractivity contribution < 1.29 is 9.84 Å². The fourth-order valence-electron chi connectivity index (χ4n) is 3.43. The third-order valence-corrected chi connectivity index (χ3v) is 6.31. The second-order valence-corrected chi connectivity index (χ2v) is 9.93. The number of rotatable bonds is 6. The molecular formula is C26H31O2P. The molecule has 3 aromatic carbocycles. The highest BCUT2D eigenvalue weighted by Gasteiger charge is 2.23. The Balaban J connectivity index is 2.04. The highest BCUT2D eigenvalue weighted by atomic mass is 31.1. The highest BCUT2D eigenvalue weighted by molar-refractivity contribution is 7.55. The first-order valence-electron chi connectivity index (χ1n) is 10.1. The molecular weight excluding hydrogens is 375 g/mol. The van der Waals surface area contributed by atoms with Gasteiger partial charge in [0.2, 0.25) is 0 Å². The van der Waals surface area contributed by atoms with Crippen LogP contribution in [-0.4, -0.2) is 5.11 Å². The van der Waals surface area contributed by atoms with Gasteiger partial charge in [-0.25, -0.2) is 0 Å². The molecule has 0 aliphatic heterocycles. The number of aryl methyl sites for hydroxylation is 1. The van der Waals surface area contributed by atoms with Gasteiger partial charge in [-0.15, -0.1) is 0 Å². The van der Waals surface area contributed by atoms with Gasteiger partial charge < -0.3 is 9.84 Å². The van der Waals surface area contributed by atoms with Gasteiger partial charge >= 0.3 is 0 Å². The van der Waals surface area contributed by atoms with Gasteiger partial charge in [-0.3, -0.25) is 0 Å². The Bertz CT molecular complexity index is 956. The van der Waals surface area contributed by atoms with Crippen molar-refractivity contribution in [1.82, 2.24) is 0 Å². The van der Waals surface area contributed by atoms with E-state index in [0.29, 0.717) is 15.2 Å². The Morgan fingerprint density at radius 1 is 0.931 bits per heavy atom. The topological polar surface area (TPSA) is 29.5 Å². The van der Waals surface area contributed by atoms with E-state index in [0.717, 1.165) is 22.2 Å². The van der Waals surface area contributed by atoms with E-state index in [2.05, 4.69) is 58.0 Å². The summed E-state index contributed by atoms with van der Waals surface area (Å²) in [5, 5.41) is 12.6. The predicted octanol–water partition coefficient (Wildman–Crippen LogP) is 5.55. The second kappa shape index (κ2) is 9.11. The Kier molecular flexibility index (Phi) is 6.77. The van der Waals surface area contributed by atoms with E-state index < -0.39 is 6.10 Å². The molecule has 0 aliphatic rings. The van der Waals surface area contributed by atoms with Crippen molar-refractivity contribution in [2.45, 2.75) is 52.7 Å². The summed E-state index contributed by atoms with van der Waals surface area (Å²) >= 11 is 0. The molecule has 0 aromatic heterocycles. The zero-order valence-electron chi connectivity index (χ0n) is 18.0. The average molecular weight is 407 g/mol. The lowest BCUT2D eigenvalue weighted by atomic mass is 9.85. The predicted molar refractivity (Wildman–Crippen MR) is 125 cm³/mol. The Hall–Kier alpha value is -2.15. The van der Waals surface area contributed by atoms with E-state index >= 15 is 0 Å². The lowest BCUT2D eigenvalue weighted by molar-refractivity contribution is 0.200. The van der Waals surface area contributed by atoms with Crippen LogP contribution in [0.1, 0.15) is 56.1 Å². The minimum absolute atomic E-state index is 0.0267. The largest absolute Gasteiger partial charge is 0.488 e. The van der Waals surface area contributed by atoms with Crippen molar-refractivity contribution in [2.24, 2.45) is 0 Å². The fraction of sp³-hybridized carbons (Fsp3) is 0.308. The van der Waals surface area contributed by atoms with E-state index in [1.165, 1.54) is 16.4 Å². The van der Waals surface area contributed by atoms with Crippen molar-refractivity contribution in [3.8, 4) is 5.75 Å². The van der Waals surface area contributed by atoms with Crippen LogP contribution >= 0.6 is 8.58 Å². The van der Waals surface area contributed by atoms with Crippen LogP contribution in [0.2, 0.25) is 0 Å². The molecule has 0 saturated carbocycles. The molecule has 0 saturated heterocycles. The first-order chi connectivity index (χ1) is 13.8. The summed E-state index contributed by atoms with van der Waals surface area (Å²) in [7, 11) is 0.422. The molecule has 0 fully saturated rings. The summed E-state index contributed by atoms with van der Waals surface area (Å²) in [6.07, 6.45) is -0.487. The molecule has 0 heterocycles. The molecule has 0 bridgehead atoms. The third-order valence-electron chi connectivity index (χ3n) is 4.95. The molecule has 3 rings (SSSR count). The maximum absolute atomic E-state index is 10.2. The van der Waals surface area contributed by atoms with Gasteiger partial charge in [0.1, 0.15) is 12.4 Å². The van der Waals surface area contributed by atoms with Crippen LogP contribution in [0.25, 0.3) is 0 Å². The first-order valence-corrected chi connectivity index (χ1v) is 11.1. The normalized spacial score (nSPS) is 13.0. The smallest absolute Gasteiger partial charge is 0.131 e. The molecule has 0 amide bonds. The lowest BCUT2D eigenvalue weighted by Crippen LogP contribution is -2.20. The SMILES string of the molecule is Cc1cc(Pc2ccccc2C(C)O)c(OCc2ccccc2)c(C(C)(C)C)c1. The van der Waals surface area contributed by atoms with E-state index in [-0.39, 0.29) is 5.41 Å². The highest BCUT2D eigenvalue weighted by Crippen LogP contribution is 2.35. The number of benzene rings is 3. The summed E-state index contributed by atoms with van der Waals surface area (Å²) in [5.74, 6) is 0.977. The molecule has 29 heavy (non-hydrogen) atoms. The van der Waals surface area contributed by atoms with Crippen LogP contribution in [0.5, 0.6) is 5.75 Å². The lowest BCUT2D eigenvalue weighted by Gasteiger charge is -2.26. The molecule has 1 N–H and O–H groups in total. The molecule has 152 valence electrons. The standard InChI is InChI=1S/C26H31O2P/c1-18-15-22(26(3,4)5)25(28-17-20-11-7-6-8-12-20)24(16-18)29-23-14-10-9-13-21(23)19(2)27/h6-16,19,27,29H,17H2,1-5H3. The van der Waals surface area contributed by atoms with Crippen LogP contribution < -0.4 is 15.3 Å². The van der Waals surface area contributed by atoms with Gasteiger partial charge in [0.25, 0.3) is 0 Å². The van der Waals surface area contributed by atoms with Gasteiger partial charge in [-0.05, 0) is 47.3 Å². The van der Waals surface area contributed by atoms with Gasteiger partial charge in [-0.1, -0.05) is 90.0 Å². The maximum atomic E-state index is 10.2. The molecule has 3 heteroatoms. The van der Waals surface area contributed by atoms with Gasteiger partial charge in [0.15, 0.2) is 0 Å². The molecule has 0 spiro atoms. The number of aliphatic hydroxyl groups excluding tert-OH is 1. The Morgan fingerprint density at radius 3 is 2.24 bits per heavy atom. The van der Waals surface area contributed by atoms with E-state index in [1.54, 1.807) is 0 Å². The summed E-state index contributed by atoms with van der Waals surface area (Å²) in [4.78, 5) is 0. The molecule has 0 aliphatic carbocycles. The molecule has 0 radical (unpaired) electrons. The van der Waals surface area contributed by atoms with Crippen molar-refractivity contribution in [2.75, 3.05) is 0 Å². The first kappa shape index (κ1) is 21.6. The average Bonchev–Trinajstić information content (AvgIpc) is 2.67. The quantitative estimate of drug-likeness (QED) is 0.544. The zero-order valence-corrected chi connectivity index (χ0v) is 19.0. The summed E-state index contributed by atoms with van der Waals surface area (Å²) < 4.78 is 6.45. The number of hydrogen-bond donors (Lipinski definition) is 1. The van der Waals surface area contributed by atoms with Crippen molar-refractivity contribution >= 4 is 19.2 Å². The molecule has 2 nitrogen and oxygen atoms in total. The van der Waals surface area contributed by atoms with Crippen molar-refractivity contribution in [1.29, 1.82) is 0 Å². The van der Waals surface area contributed by atoms with Gasteiger partial charge in [0, 0.05) is 10.9 Å². The van der Waals surface area contributed by atoms with Crippen molar-refractivity contribution in [3.63, 3.8) is 0 Å². The van der Waals surface area contributed by atoms with Crippen LogP contribution in [0.3, 0.4) is 0 Å². The Labute approximate surface area is 176 Å². The van der Waals surface area contributed by atoms with Crippen LogP contribution in [0.15, 0.2) is 66.7 Å². The van der Waals surface area contributed by atoms with Crippen LogP contribution in [0, 0.1) is 6.92 Å². The van der Waals surface area contributed by atoms with Crippen LogP contribution in [-0.2, 0) is 12.0 Å². The number of aliphatic hydroxyl groups is 1. The maximum Gasteiger partial charge on any atom is 0.131 e. The number of hydrogen-bond acceptors (Lipinski definition) is 2. The van der Waals surface area contributed by atoms with Crippen LogP contribution in [0.4, 0.5) is 0 Å². The monoisotopic (exact) mass is 406 g/mol. The van der Waals surface area contributed by atoms with Gasteiger partial charge in [0.05, 0.1) is 6.10 Å². The van der Waals surface area contributed by atoms with E-state index in [9.17, 15) is 5.11 Å². The molecule has 3 aromatic rings. The van der Waals surface area contributed by atoms with Gasteiger partial charge in [-0.2, -0.15) is 0 Å². The summed E-state index contributed by atoms with van der Waals surface area (Å²) in [6.45, 7) is 11.2. The minimum atomic E-state index is -0.487. The molecule has 2 unspecified atom stereocenters. The second-order valence-electron chi connectivity index (χ2n) is 8.60. The summed E-state index contributed by atoms with van der Waals surface area (Å²) in [5.41, 5.74) is 4.58. The molecule has 2 atom stereocenters. The van der Waals surface area contributed by atoms with Crippen molar-refractivity contribution in [3.05, 3.63) is 89.0 Å². The van der Waals surface area contributed by atoms with E-state index in [4.69, 9.17) is 4.74 Å².